The van der Waals surface area contributed by atoms with Crippen LogP contribution in [0.3, 0.4) is 0 Å². The molecule has 0 unspecified atom stereocenters. The van der Waals surface area contributed by atoms with E-state index >= 15 is 0 Å². The van der Waals surface area contributed by atoms with Gasteiger partial charge in [-0.25, -0.2) is 0 Å². The standard InChI is InChI=1S/C24H32N4O/c1-27-15-8-7-13-21-23(27)18(17-9-3-2-4-10-17)14-16-28(21)24(29)22-19-11-5-6-12-20(19)25-26-22/h2-4,9-10,18,21,23H,5-8,11-16H2,1H3,(H,25,26)/t18-,21-,23-/m1/s1. The van der Waals surface area contributed by atoms with E-state index < -0.39 is 0 Å². The van der Waals surface area contributed by atoms with Gasteiger partial charge in [0.25, 0.3) is 5.91 Å². The summed E-state index contributed by atoms with van der Waals surface area (Å²) >= 11 is 0. The zero-order chi connectivity index (χ0) is 19.8. The van der Waals surface area contributed by atoms with Crippen molar-refractivity contribution in [1.82, 2.24) is 20.0 Å². The fraction of sp³-hybridized carbons (Fsp3) is 0.583. The lowest BCUT2D eigenvalue weighted by atomic mass is 9.79. The van der Waals surface area contributed by atoms with Crippen LogP contribution in [0.2, 0.25) is 0 Å². The van der Waals surface area contributed by atoms with Gasteiger partial charge in [0.15, 0.2) is 5.69 Å². The van der Waals surface area contributed by atoms with Crippen LogP contribution in [-0.4, -0.2) is 58.1 Å². The maximum atomic E-state index is 13.7. The van der Waals surface area contributed by atoms with Gasteiger partial charge >= 0.3 is 0 Å². The van der Waals surface area contributed by atoms with Crippen molar-refractivity contribution in [2.75, 3.05) is 20.1 Å². The molecule has 0 spiro atoms. The summed E-state index contributed by atoms with van der Waals surface area (Å²) in [6, 6.07) is 11.6. The number of aryl methyl sites for hydroxylation is 1. The molecule has 3 aliphatic rings. The highest BCUT2D eigenvalue weighted by Crippen LogP contribution is 2.39. The normalized spacial score (nSPS) is 27.8. The van der Waals surface area contributed by atoms with E-state index in [2.05, 4.69) is 57.4 Å². The lowest BCUT2D eigenvalue weighted by Crippen LogP contribution is -2.58. The SMILES string of the molecule is CN1CCCC[C@@H]2[C@H]1[C@@H](c1ccccc1)CCN2C(=O)c1n[nH]c2c1CCCC2. The highest BCUT2D eigenvalue weighted by atomic mass is 16.2. The van der Waals surface area contributed by atoms with E-state index in [1.807, 2.05) is 0 Å². The number of fused-ring (bicyclic) bond motifs is 2. The number of hydrogen-bond donors (Lipinski definition) is 1. The molecule has 2 aromatic rings. The molecule has 0 bridgehead atoms. The molecule has 0 radical (unpaired) electrons. The minimum Gasteiger partial charge on any atom is -0.333 e. The number of nitrogens with zero attached hydrogens (tertiary/aromatic N) is 3. The molecule has 1 aliphatic carbocycles. The highest BCUT2D eigenvalue weighted by molar-refractivity contribution is 5.94. The van der Waals surface area contributed by atoms with Crippen molar-refractivity contribution in [1.29, 1.82) is 0 Å². The Morgan fingerprint density at radius 3 is 2.72 bits per heavy atom. The van der Waals surface area contributed by atoms with Gasteiger partial charge in [0, 0.05) is 35.8 Å². The number of amides is 1. The van der Waals surface area contributed by atoms with Gasteiger partial charge in [0.1, 0.15) is 0 Å². The average Bonchev–Trinajstić information content (AvgIpc) is 3.10. The van der Waals surface area contributed by atoms with Crippen molar-refractivity contribution in [3.05, 3.63) is 52.8 Å². The molecule has 1 aromatic carbocycles. The first kappa shape index (κ1) is 18.9. The Morgan fingerprint density at radius 2 is 1.86 bits per heavy atom. The summed E-state index contributed by atoms with van der Waals surface area (Å²) in [5.41, 5.74) is 4.49. The molecule has 1 N–H and O–H groups in total. The third kappa shape index (κ3) is 3.39. The zero-order valence-electron chi connectivity index (χ0n) is 17.4. The zero-order valence-corrected chi connectivity index (χ0v) is 17.4. The van der Waals surface area contributed by atoms with Gasteiger partial charge in [-0.05, 0) is 64.1 Å². The van der Waals surface area contributed by atoms with Crippen molar-refractivity contribution < 1.29 is 4.79 Å². The van der Waals surface area contributed by atoms with E-state index in [0.717, 1.165) is 45.2 Å². The Hall–Kier alpha value is -2.14. The first-order valence-corrected chi connectivity index (χ1v) is 11.4. The summed E-state index contributed by atoms with van der Waals surface area (Å²) in [5.74, 6) is 0.641. The monoisotopic (exact) mass is 392 g/mol. The number of likely N-dealkylation sites (tertiary alicyclic amines) is 2. The molecular weight excluding hydrogens is 360 g/mol. The minimum absolute atomic E-state index is 0.154. The van der Waals surface area contributed by atoms with Gasteiger partial charge in [-0.2, -0.15) is 5.10 Å². The molecule has 154 valence electrons. The average molecular weight is 393 g/mol. The number of nitrogens with one attached hydrogen (secondary N) is 1. The molecule has 3 atom stereocenters. The van der Waals surface area contributed by atoms with E-state index in [9.17, 15) is 4.79 Å². The Morgan fingerprint density at radius 1 is 1.03 bits per heavy atom. The number of rotatable bonds is 2. The summed E-state index contributed by atoms with van der Waals surface area (Å²) < 4.78 is 0. The van der Waals surface area contributed by atoms with Crippen LogP contribution >= 0.6 is 0 Å². The van der Waals surface area contributed by atoms with Crippen LogP contribution in [-0.2, 0) is 12.8 Å². The first-order chi connectivity index (χ1) is 14.2. The van der Waals surface area contributed by atoms with E-state index in [-0.39, 0.29) is 11.9 Å². The first-order valence-electron chi connectivity index (χ1n) is 11.4. The number of carbonyl (C=O) groups excluding carboxylic acids is 1. The van der Waals surface area contributed by atoms with Gasteiger partial charge in [-0.1, -0.05) is 36.8 Å². The molecular formula is C24H32N4O. The number of likely N-dealkylation sites (N-methyl/N-ethyl adjacent to an activating group) is 1. The molecule has 5 heteroatoms. The van der Waals surface area contributed by atoms with Crippen molar-refractivity contribution in [3.63, 3.8) is 0 Å². The van der Waals surface area contributed by atoms with Gasteiger partial charge in [-0.3, -0.25) is 9.89 Å². The van der Waals surface area contributed by atoms with Crippen LogP contribution in [0.4, 0.5) is 0 Å². The number of aromatic amines is 1. The Labute approximate surface area is 173 Å². The highest BCUT2D eigenvalue weighted by Gasteiger charge is 2.44. The smallest absolute Gasteiger partial charge is 0.274 e. The van der Waals surface area contributed by atoms with Crippen molar-refractivity contribution >= 4 is 5.91 Å². The van der Waals surface area contributed by atoms with Gasteiger partial charge in [-0.15, -0.1) is 0 Å². The summed E-state index contributed by atoms with van der Waals surface area (Å²) in [6.07, 6.45) is 8.89. The van der Waals surface area contributed by atoms with Crippen LogP contribution in [0, 0.1) is 0 Å². The summed E-state index contributed by atoms with van der Waals surface area (Å²) in [7, 11) is 2.25. The van der Waals surface area contributed by atoms with Crippen LogP contribution in [0.25, 0.3) is 0 Å². The molecule has 2 saturated heterocycles. The molecule has 2 aliphatic heterocycles. The topological polar surface area (TPSA) is 52.2 Å². The van der Waals surface area contributed by atoms with Crippen molar-refractivity contribution in [2.45, 2.75) is 69.4 Å². The Balaban J connectivity index is 1.47. The van der Waals surface area contributed by atoms with Gasteiger partial charge in [0.2, 0.25) is 0 Å². The van der Waals surface area contributed by atoms with E-state index in [1.165, 1.54) is 36.1 Å². The van der Waals surface area contributed by atoms with Gasteiger partial charge < -0.3 is 9.80 Å². The Kier molecular flexibility index (Phi) is 5.17. The molecule has 2 fully saturated rings. The maximum Gasteiger partial charge on any atom is 0.274 e. The molecule has 5 nitrogen and oxygen atoms in total. The molecule has 5 rings (SSSR count). The largest absolute Gasteiger partial charge is 0.333 e. The quantitative estimate of drug-likeness (QED) is 0.846. The fourth-order valence-electron chi connectivity index (χ4n) is 5.97. The molecule has 1 amide bonds. The van der Waals surface area contributed by atoms with E-state index in [0.29, 0.717) is 17.7 Å². The number of carbonyl (C=O) groups is 1. The van der Waals surface area contributed by atoms with Crippen LogP contribution in [0.15, 0.2) is 30.3 Å². The lowest BCUT2D eigenvalue weighted by molar-refractivity contribution is 0.0312. The van der Waals surface area contributed by atoms with Gasteiger partial charge in [0.05, 0.1) is 0 Å². The lowest BCUT2D eigenvalue weighted by Gasteiger charge is -2.48. The van der Waals surface area contributed by atoms with Crippen molar-refractivity contribution in [3.8, 4) is 0 Å². The number of piperidine rings is 1. The van der Waals surface area contributed by atoms with Crippen molar-refractivity contribution in [2.24, 2.45) is 0 Å². The second kappa shape index (κ2) is 7.94. The maximum absolute atomic E-state index is 13.7. The second-order valence-corrected chi connectivity index (χ2v) is 9.08. The minimum atomic E-state index is 0.154. The van der Waals surface area contributed by atoms with Crippen LogP contribution < -0.4 is 0 Å². The summed E-state index contributed by atoms with van der Waals surface area (Å²) in [5, 5.41) is 7.67. The number of H-pyrrole nitrogens is 1. The summed E-state index contributed by atoms with van der Waals surface area (Å²) in [4.78, 5) is 18.4. The number of benzene rings is 1. The predicted molar refractivity (Wildman–Crippen MR) is 114 cm³/mol. The van der Waals surface area contributed by atoms with E-state index in [4.69, 9.17) is 0 Å². The Bertz CT molecular complexity index is 861. The fourth-order valence-corrected chi connectivity index (χ4v) is 5.97. The van der Waals surface area contributed by atoms with Crippen LogP contribution in [0.5, 0.6) is 0 Å². The number of aromatic nitrogens is 2. The second-order valence-electron chi connectivity index (χ2n) is 9.08. The predicted octanol–water partition coefficient (Wildman–Crippen LogP) is 3.77. The molecule has 29 heavy (non-hydrogen) atoms. The third-order valence-electron chi connectivity index (χ3n) is 7.40. The van der Waals surface area contributed by atoms with Crippen LogP contribution in [0.1, 0.15) is 71.8 Å². The molecule has 3 heterocycles. The molecule has 1 aromatic heterocycles. The summed E-state index contributed by atoms with van der Waals surface area (Å²) in [6.45, 7) is 1.94. The third-order valence-corrected chi connectivity index (χ3v) is 7.40. The van der Waals surface area contributed by atoms with E-state index in [1.54, 1.807) is 0 Å². The molecule has 0 saturated carbocycles. The number of hydrogen-bond acceptors (Lipinski definition) is 3.